The third kappa shape index (κ3) is 2.53. The van der Waals surface area contributed by atoms with Gasteiger partial charge >= 0.3 is 12.1 Å². The third-order valence-electron chi connectivity index (χ3n) is 2.59. The molecule has 0 unspecified atom stereocenters. The molecule has 1 aromatic rings. The molecule has 1 aliphatic heterocycles. The van der Waals surface area contributed by atoms with Gasteiger partial charge in [0.15, 0.2) is 0 Å². The second-order valence-electron chi connectivity index (χ2n) is 4.11. The number of carbonyl (C=O) groups is 1. The van der Waals surface area contributed by atoms with E-state index in [4.69, 9.17) is 21.4 Å². The highest BCUT2D eigenvalue weighted by Gasteiger charge is 2.48. The third-order valence-corrected chi connectivity index (χ3v) is 2.87. The summed E-state index contributed by atoms with van der Waals surface area (Å²) in [6, 6.07) is 2.96. The van der Waals surface area contributed by atoms with Crippen molar-refractivity contribution in [2.45, 2.75) is 19.2 Å². The van der Waals surface area contributed by atoms with Gasteiger partial charge < -0.3 is 9.84 Å². The fourth-order valence-corrected chi connectivity index (χ4v) is 2.15. The number of hydrogen-bond donors (Lipinski definition) is 1. The maximum atomic E-state index is 12.8. The first-order valence-corrected chi connectivity index (χ1v) is 5.56. The van der Waals surface area contributed by atoms with E-state index in [-0.39, 0.29) is 16.3 Å². The average Bonchev–Trinajstić information content (AvgIpc) is 2.25. The molecule has 0 radical (unpaired) electrons. The number of rotatable bonds is 1. The van der Waals surface area contributed by atoms with E-state index in [1.807, 2.05) is 0 Å². The number of fused-ring (bicyclic) bond motifs is 1. The summed E-state index contributed by atoms with van der Waals surface area (Å²) in [5, 5.41) is 8.87. The number of hydrogen-bond acceptors (Lipinski definition) is 2. The van der Waals surface area contributed by atoms with Gasteiger partial charge in [0.1, 0.15) is 5.75 Å². The van der Waals surface area contributed by atoms with Crippen LogP contribution in [0.25, 0.3) is 6.08 Å². The predicted octanol–water partition coefficient (Wildman–Crippen LogP) is 3.44. The smallest absolute Gasteiger partial charge is 0.430 e. The maximum Gasteiger partial charge on any atom is 0.430 e. The number of carboxylic acid groups (broad SMARTS) is 1. The molecule has 0 amide bonds. The minimum absolute atomic E-state index is 0.0185. The van der Waals surface area contributed by atoms with Crippen molar-refractivity contribution in [1.29, 1.82) is 0 Å². The van der Waals surface area contributed by atoms with Crippen LogP contribution in [0.3, 0.4) is 0 Å². The van der Waals surface area contributed by atoms with E-state index in [0.717, 1.165) is 6.08 Å². The van der Waals surface area contributed by atoms with Gasteiger partial charge in [-0.1, -0.05) is 11.6 Å². The fourth-order valence-electron chi connectivity index (χ4n) is 1.83. The van der Waals surface area contributed by atoms with Crippen LogP contribution in [0.4, 0.5) is 13.2 Å². The van der Waals surface area contributed by atoms with Crippen molar-refractivity contribution >= 4 is 23.6 Å². The number of benzene rings is 1. The number of halogens is 4. The maximum absolute atomic E-state index is 12.8. The molecule has 1 aliphatic rings. The summed E-state index contributed by atoms with van der Waals surface area (Å²) in [5.41, 5.74) is 0.0587. The van der Waals surface area contributed by atoms with Crippen LogP contribution in [0.1, 0.15) is 11.1 Å². The Morgan fingerprint density at radius 3 is 2.58 bits per heavy atom. The van der Waals surface area contributed by atoms with Crippen molar-refractivity contribution in [3.8, 4) is 5.75 Å². The Morgan fingerprint density at radius 2 is 2.05 bits per heavy atom. The lowest BCUT2D eigenvalue weighted by atomic mass is 10.00. The van der Waals surface area contributed by atoms with Crippen molar-refractivity contribution in [1.82, 2.24) is 0 Å². The van der Waals surface area contributed by atoms with Gasteiger partial charge in [-0.05, 0) is 30.7 Å². The second kappa shape index (κ2) is 4.45. The largest absolute Gasteiger partial charge is 0.478 e. The van der Waals surface area contributed by atoms with E-state index in [1.54, 1.807) is 6.92 Å². The highest BCUT2D eigenvalue weighted by atomic mass is 35.5. The SMILES string of the molecule is Cc1cc(Cl)c2c(c1)C=C(C(=O)O)[C@@H](C(F)(F)F)O2. The molecule has 1 N–H and O–H groups in total. The van der Waals surface area contributed by atoms with E-state index in [1.165, 1.54) is 12.1 Å². The molecule has 0 saturated heterocycles. The lowest BCUT2D eigenvalue weighted by molar-refractivity contribution is -0.187. The summed E-state index contributed by atoms with van der Waals surface area (Å²) in [6.07, 6.45) is -6.40. The topological polar surface area (TPSA) is 46.5 Å². The summed E-state index contributed by atoms with van der Waals surface area (Å²) in [4.78, 5) is 10.9. The molecule has 1 aromatic carbocycles. The Labute approximate surface area is 111 Å². The van der Waals surface area contributed by atoms with Crippen LogP contribution in [0.15, 0.2) is 17.7 Å². The van der Waals surface area contributed by atoms with E-state index in [0.29, 0.717) is 5.56 Å². The summed E-state index contributed by atoms with van der Waals surface area (Å²) in [5.74, 6) is -1.83. The quantitative estimate of drug-likeness (QED) is 0.862. The zero-order valence-electron chi connectivity index (χ0n) is 9.58. The van der Waals surface area contributed by atoms with Gasteiger partial charge in [-0.25, -0.2) is 4.79 Å². The number of aliphatic carboxylic acids is 1. The Hall–Kier alpha value is -1.69. The van der Waals surface area contributed by atoms with E-state index >= 15 is 0 Å². The molecule has 0 saturated carbocycles. The zero-order valence-corrected chi connectivity index (χ0v) is 10.3. The molecule has 0 aliphatic carbocycles. The average molecular weight is 293 g/mol. The summed E-state index contributed by atoms with van der Waals surface area (Å²) < 4.78 is 43.1. The minimum atomic E-state index is -4.82. The molecule has 1 heterocycles. The van der Waals surface area contributed by atoms with Crippen LogP contribution < -0.4 is 4.74 Å². The lowest BCUT2D eigenvalue weighted by Crippen LogP contribution is -2.40. The molecule has 3 nitrogen and oxygen atoms in total. The Kier molecular flexibility index (Phi) is 3.22. The first kappa shape index (κ1) is 13.7. The second-order valence-corrected chi connectivity index (χ2v) is 4.52. The van der Waals surface area contributed by atoms with Crippen molar-refractivity contribution in [3.05, 3.63) is 33.9 Å². The molecule has 0 spiro atoms. The normalized spacial score (nSPS) is 18.4. The van der Waals surface area contributed by atoms with Gasteiger partial charge in [-0.2, -0.15) is 13.2 Å². The molecule has 0 bridgehead atoms. The van der Waals surface area contributed by atoms with Crippen LogP contribution in [-0.4, -0.2) is 23.4 Å². The molecule has 1 atom stereocenters. The first-order chi connectivity index (χ1) is 8.70. The monoisotopic (exact) mass is 292 g/mol. The van der Waals surface area contributed by atoms with E-state index in [9.17, 15) is 18.0 Å². The van der Waals surface area contributed by atoms with Crippen molar-refractivity contribution in [3.63, 3.8) is 0 Å². The summed E-state index contributed by atoms with van der Waals surface area (Å²) >= 11 is 5.82. The number of alkyl halides is 3. The standard InChI is InChI=1S/C12H8ClF3O3/c1-5-2-6-4-7(11(17)18)10(12(14,15)16)19-9(6)8(13)3-5/h2-4,10H,1H3,(H,17,18)/t10-/m0/s1. The molecule has 7 heteroatoms. The van der Waals surface area contributed by atoms with Gasteiger partial charge in [-0.3, -0.25) is 0 Å². The molecular weight excluding hydrogens is 285 g/mol. The Bertz CT molecular complexity index is 578. The van der Waals surface area contributed by atoms with Crippen LogP contribution >= 0.6 is 11.6 Å². The van der Waals surface area contributed by atoms with E-state index in [2.05, 4.69) is 0 Å². The van der Waals surface area contributed by atoms with Crippen molar-refractivity contribution in [2.24, 2.45) is 0 Å². The van der Waals surface area contributed by atoms with Gasteiger partial charge in [0.25, 0.3) is 0 Å². The molecule has 19 heavy (non-hydrogen) atoms. The van der Waals surface area contributed by atoms with Crippen LogP contribution in [0.5, 0.6) is 5.75 Å². The molecule has 0 aromatic heterocycles. The summed E-state index contributed by atoms with van der Waals surface area (Å²) in [6.45, 7) is 1.69. The number of aryl methyl sites for hydroxylation is 1. The highest BCUT2D eigenvalue weighted by Crippen LogP contribution is 2.41. The van der Waals surface area contributed by atoms with Crippen molar-refractivity contribution < 1.29 is 27.8 Å². The zero-order chi connectivity index (χ0) is 14.4. The Balaban J connectivity index is 2.61. The molecule has 2 rings (SSSR count). The van der Waals surface area contributed by atoms with Gasteiger partial charge in [0.05, 0.1) is 10.6 Å². The molecular formula is C12H8ClF3O3. The number of carboxylic acids is 1. The molecule has 102 valence electrons. The highest BCUT2D eigenvalue weighted by molar-refractivity contribution is 6.32. The predicted molar refractivity (Wildman–Crippen MR) is 62.3 cm³/mol. The van der Waals surface area contributed by atoms with Gasteiger partial charge in [0, 0.05) is 5.56 Å². The van der Waals surface area contributed by atoms with Gasteiger partial charge in [0.2, 0.25) is 6.10 Å². The minimum Gasteiger partial charge on any atom is -0.478 e. The summed E-state index contributed by atoms with van der Waals surface area (Å²) in [7, 11) is 0. The Morgan fingerprint density at radius 1 is 1.42 bits per heavy atom. The van der Waals surface area contributed by atoms with Crippen LogP contribution in [0, 0.1) is 6.92 Å². The first-order valence-electron chi connectivity index (χ1n) is 5.18. The number of ether oxygens (including phenoxy) is 1. The van der Waals surface area contributed by atoms with Crippen molar-refractivity contribution in [2.75, 3.05) is 0 Å². The van der Waals surface area contributed by atoms with Crippen LogP contribution in [0.2, 0.25) is 5.02 Å². The van der Waals surface area contributed by atoms with Crippen LogP contribution in [-0.2, 0) is 4.79 Å². The van der Waals surface area contributed by atoms with Gasteiger partial charge in [-0.15, -0.1) is 0 Å². The lowest BCUT2D eigenvalue weighted by Gasteiger charge is -2.27. The van der Waals surface area contributed by atoms with E-state index < -0.39 is 23.8 Å². The molecule has 0 fully saturated rings. The fraction of sp³-hybridized carbons (Fsp3) is 0.250.